The summed E-state index contributed by atoms with van der Waals surface area (Å²) in [5.41, 5.74) is 5.66. The Hall–Kier alpha value is -2.24. The molecule has 1 fully saturated rings. The molecular formula is C13H11F2N3O. The predicted molar refractivity (Wildman–Crippen MR) is 64.9 cm³/mol. The summed E-state index contributed by atoms with van der Waals surface area (Å²) < 4.78 is 31.5. The zero-order chi connectivity index (χ0) is 13.4. The lowest BCUT2D eigenvalue weighted by molar-refractivity contribution is 0.421. The molecule has 0 bridgehead atoms. The van der Waals surface area contributed by atoms with E-state index in [0.717, 1.165) is 25.0 Å². The Morgan fingerprint density at radius 2 is 1.95 bits per heavy atom. The third kappa shape index (κ3) is 2.62. The molecule has 0 radical (unpaired) electrons. The zero-order valence-corrected chi connectivity index (χ0v) is 9.94. The quantitative estimate of drug-likeness (QED) is 0.924. The first kappa shape index (κ1) is 11.8. The first-order valence-corrected chi connectivity index (χ1v) is 5.89. The summed E-state index contributed by atoms with van der Waals surface area (Å²) in [6, 6.07) is 4.49. The summed E-state index contributed by atoms with van der Waals surface area (Å²) in [5, 5.41) is 0. The molecule has 1 aliphatic carbocycles. The first-order chi connectivity index (χ1) is 9.11. The highest BCUT2D eigenvalue weighted by atomic mass is 19.1. The molecule has 1 aromatic carbocycles. The van der Waals surface area contributed by atoms with Crippen molar-refractivity contribution in [3.63, 3.8) is 0 Å². The molecule has 98 valence electrons. The van der Waals surface area contributed by atoms with Crippen LogP contribution < -0.4 is 10.5 Å². The van der Waals surface area contributed by atoms with Gasteiger partial charge in [0.05, 0.1) is 0 Å². The van der Waals surface area contributed by atoms with E-state index in [0.29, 0.717) is 11.7 Å². The summed E-state index contributed by atoms with van der Waals surface area (Å²) in [5.74, 6) is -0.187. The summed E-state index contributed by atoms with van der Waals surface area (Å²) >= 11 is 0. The smallest absolute Gasteiger partial charge is 0.224 e. The van der Waals surface area contributed by atoms with Crippen molar-refractivity contribution >= 4 is 5.82 Å². The van der Waals surface area contributed by atoms with E-state index in [1.807, 2.05) is 0 Å². The van der Waals surface area contributed by atoms with Gasteiger partial charge in [0.25, 0.3) is 0 Å². The van der Waals surface area contributed by atoms with Crippen LogP contribution in [0.3, 0.4) is 0 Å². The highest BCUT2D eigenvalue weighted by Gasteiger charge is 2.27. The number of nitrogens with two attached hydrogens (primary N) is 1. The van der Waals surface area contributed by atoms with Gasteiger partial charge >= 0.3 is 0 Å². The molecule has 0 aliphatic heterocycles. The van der Waals surface area contributed by atoms with Crippen LogP contribution in [0, 0.1) is 11.6 Å². The van der Waals surface area contributed by atoms with Crippen LogP contribution in [0.2, 0.25) is 0 Å². The zero-order valence-electron chi connectivity index (χ0n) is 9.94. The molecule has 19 heavy (non-hydrogen) atoms. The van der Waals surface area contributed by atoms with Gasteiger partial charge in [0.15, 0.2) is 11.6 Å². The Kier molecular flexibility index (Phi) is 2.77. The fourth-order valence-electron chi connectivity index (χ4n) is 1.71. The van der Waals surface area contributed by atoms with Gasteiger partial charge in [-0.25, -0.2) is 13.8 Å². The summed E-state index contributed by atoms with van der Waals surface area (Å²) in [6.07, 6.45) is 2.04. The normalized spacial score (nSPS) is 14.4. The second-order valence-electron chi connectivity index (χ2n) is 4.44. The number of anilines is 1. The molecule has 2 aromatic rings. The molecule has 6 heteroatoms. The van der Waals surface area contributed by atoms with Gasteiger partial charge in [0, 0.05) is 18.1 Å². The van der Waals surface area contributed by atoms with Crippen LogP contribution in [0.25, 0.3) is 0 Å². The van der Waals surface area contributed by atoms with E-state index in [1.165, 1.54) is 12.1 Å². The lowest BCUT2D eigenvalue weighted by atomic mass is 10.3. The molecule has 0 unspecified atom stereocenters. The maximum absolute atomic E-state index is 13.5. The predicted octanol–water partition coefficient (Wildman–Crippen LogP) is 3.01. The maximum atomic E-state index is 13.5. The Balaban J connectivity index is 1.89. The molecule has 3 rings (SSSR count). The second-order valence-corrected chi connectivity index (χ2v) is 4.44. The number of rotatable bonds is 3. The Labute approximate surface area is 108 Å². The van der Waals surface area contributed by atoms with Crippen molar-refractivity contribution in [2.24, 2.45) is 0 Å². The molecule has 1 aromatic heterocycles. The van der Waals surface area contributed by atoms with Crippen LogP contribution in [0.1, 0.15) is 24.6 Å². The standard InChI is InChI=1S/C13H11F2N3O/c14-8-3-4-10(9(15)5-8)19-12-6-11(16)17-13(18-12)7-1-2-7/h3-7H,1-2H2,(H2,16,17,18). The van der Waals surface area contributed by atoms with Crippen LogP contribution >= 0.6 is 0 Å². The number of ether oxygens (including phenoxy) is 1. The fraction of sp³-hybridized carbons (Fsp3) is 0.231. The van der Waals surface area contributed by atoms with Crippen LogP contribution in [-0.4, -0.2) is 9.97 Å². The van der Waals surface area contributed by atoms with Crippen LogP contribution in [-0.2, 0) is 0 Å². The number of halogens is 2. The molecular weight excluding hydrogens is 252 g/mol. The van der Waals surface area contributed by atoms with Gasteiger partial charge in [-0.1, -0.05) is 0 Å². The summed E-state index contributed by atoms with van der Waals surface area (Å²) in [4.78, 5) is 8.29. The largest absolute Gasteiger partial charge is 0.436 e. The minimum Gasteiger partial charge on any atom is -0.436 e. The summed E-state index contributed by atoms with van der Waals surface area (Å²) in [7, 11) is 0. The average molecular weight is 263 g/mol. The van der Waals surface area contributed by atoms with E-state index >= 15 is 0 Å². The van der Waals surface area contributed by atoms with E-state index in [9.17, 15) is 8.78 Å². The van der Waals surface area contributed by atoms with Gasteiger partial charge in [0.2, 0.25) is 5.88 Å². The minimum absolute atomic E-state index is 0.0961. The second kappa shape index (κ2) is 4.46. The number of hydrogen-bond donors (Lipinski definition) is 1. The van der Waals surface area contributed by atoms with E-state index < -0.39 is 11.6 Å². The van der Waals surface area contributed by atoms with Gasteiger partial charge in [-0.15, -0.1) is 0 Å². The molecule has 0 atom stereocenters. The molecule has 1 aliphatic rings. The molecule has 1 saturated carbocycles. The Morgan fingerprint density at radius 3 is 2.63 bits per heavy atom. The lowest BCUT2D eigenvalue weighted by Gasteiger charge is -2.08. The van der Waals surface area contributed by atoms with Crippen molar-refractivity contribution < 1.29 is 13.5 Å². The lowest BCUT2D eigenvalue weighted by Crippen LogP contribution is -2.01. The number of aromatic nitrogens is 2. The van der Waals surface area contributed by atoms with Gasteiger partial charge in [-0.05, 0) is 25.0 Å². The van der Waals surface area contributed by atoms with Gasteiger partial charge in [0.1, 0.15) is 17.5 Å². The van der Waals surface area contributed by atoms with Gasteiger partial charge in [-0.3, -0.25) is 0 Å². The van der Waals surface area contributed by atoms with Crippen molar-refractivity contribution in [3.8, 4) is 11.6 Å². The highest BCUT2D eigenvalue weighted by Crippen LogP contribution is 2.39. The van der Waals surface area contributed by atoms with Crippen molar-refractivity contribution in [2.45, 2.75) is 18.8 Å². The number of nitrogen functional groups attached to an aromatic ring is 1. The van der Waals surface area contributed by atoms with Crippen LogP contribution in [0.4, 0.5) is 14.6 Å². The number of benzene rings is 1. The molecule has 0 spiro atoms. The van der Waals surface area contributed by atoms with Crippen LogP contribution in [0.15, 0.2) is 24.3 Å². The van der Waals surface area contributed by atoms with Crippen molar-refractivity contribution in [1.29, 1.82) is 0 Å². The topological polar surface area (TPSA) is 61.0 Å². The first-order valence-electron chi connectivity index (χ1n) is 5.89. The van der Waals surface area contributed by atoms with Gasteiger partial charge < -0.3 is 10.5 Å². The Bertz CT molecular complexity index is 629. The molecule has 2 N–H and O–H groups in total. The third-order valence-electron chi connectivity index (χ3n) is 2.79. The molecule has 1 heterocycles. The maximum Gasteiger partial charge on any atom is 0.224 e. The highest BCUT2D eigenvalue weighted by molar-refractivity contribution is 5.37. The SMILES string of the molecule is Nc1cc(Oc2ccc(F)cc2F)nc(C2CC2)n1. The van der Waals surface area contributed by atoms with Crippen molar-refractivity contribution in [3.05, 3.63) is 41.7 Å². The molecule has 4 nitrogen and oxygen atoms in total. The van der Waals surface area contributed by atoms with E-state index in [1.54, 1.807) is 0 Å². The van der Waals surface area contributed by atoms with E-state index in [4.69, 9.17) is 10.5 Å². The van der Waals surface area contributed by atoms with Gasteiger partial charge in [-0.2, -0.15) is 4.98 Å². The molecule has 0 amide bonds. The average Bonchev–Trinajstić information content (AvgIpc) is 3.16. The Morgan fingerprint density at radius 1 is 1.16 bits per heavy atom. The van der Waals surface area contributed by atoms with Crippen LogP contribution in [0.5, 0.6) is 11.6 Å². The van der Waals surface area contributed by atoms with Crippen molar-refractivity contribution in [2.75, 3.05) is 5.73 Å². The number of nitrogens with zero attached hydrogens (tertiary/aromatic N) is 2. The van der Waals surface area contributed by atoms with E-state index in [-0.39, 0.29) is 17.4 Å². The van der Waals surface area contributed by atoms with Crippen molar-refractivity contribution in [1.82, 2.24) is 9.97 Å². The molecule has 0 saturated heterocycles. The summed E-state index contributed by atoms with van der Waals surface area (Å²) in [6.45, 7) is 0. The third-order valence-corrected chi connectivity index (χ3v) is 2.79. The number of hydrogen-bond acceptors (Lipinski definition) is 4. The monoisotopic (exact) mass is 263 g/mol. The van der Waals surface area contributed by atoms with E-state index in [2.05, 4.69) is 9.97 Å². The minimum atomic E-state index is -0.787. The fourth-order valence-corrected chi connectivity index (χ4v) is 1.71.